The minimum Gasteiger partial charge on any atom is -0.490 e. The van der Waals surface area contributed by atoms with E-state index in [-0.39, 0.29) is 11.6 Å². The summed E-state index contributed by atoms with van der Waals surface area (Å²) in [4.78, 5) is 16.9. The van der Waals surface area contributed by atoms with Crippen molar-refractivity contribution in [2.45, 2.75) is 20.5 Å². The van der Waals surface area contributed by atoms with Crippen molar-refractivity contribution < 1.29 is 19.0 Å². The molecular formula is C24H23BrN4O4. The number of halogens is 1. The molecule has 0 spiro atoms. The predicted octanol–water partition coefficient (Wildman–Crippen LogP) is 5.12. The van der Waals surface area contributed by atoms with Gasteiger partial charge < -0.3 is 19.5 Å². The van der Waals surface area contributed by atoms with Crippen molar-refractivity contribution >= 4 is 33.2 Å². The summed E-state index contributed by atoms with van der Waals surface area (Å²) in [6, 6.07) is 14.7. The molecule has 1 amide bonds. The summed E-state index contributed by atoms with van der Waals surface area (Å²) >= 11 is 3.40. The number of nitrogens with zero attached hydrogens (tertiary/aromatic N) is 3. The standard InChI is InChI=1S/C24H23BrN4O4/c1-3-31-19-11-6-16(14-20(19)32-4-2)15-33-18-9-7-17(8-10-18)27-24(30)22-21(25)23-26-12-5-13-29(23)28-22/h5-14H,3-4,15H2,1-2H3,(H,27,30). The highest BCUT2D eigenvalue weighted by molar-refractivity contribution is 9.10. The Labute approximate surface area is 199 Å². The number of carbonyl (C=O) groups is 1. The number of anilines is 1. The van der Waals surface area contributed by atoms with Crippen molar-refractivity contribution in [2.75, 3.05) is 18.5 Å². The van der Waals surface area contributed by atoms with Crippen LogP contribution in [0.5, 0.6) is 17.2 Å². The van der Waals surface area contributed by atoms with Crippen LogP contribution in [0.1, 0.15) is 29.9 Å². The van der Waals surface area contributed by atoms with Gasteiger partial charge in [-0.15, -0.1) is 0 Å². The summed E-state index contributed by atoms with van der Waals surface area (Å²) < 4.78 is 19.2. The number of hydrogen-bond acceptors (Lipinski definition) is 6. The number of benzene rings is 2. The van der Waals surface area contributed by atoms with Crippen LogP contribution in [0.15, 0.2) is 65.4 Å². The van der Waals surface area contributed by atoms with E-state index >= 15 is 0 Å². The molecule has 0 aliphatic rings. The molecule has 2 aromatic heterocycles. The second-order valence-electron chi connectivity index (χ2n) is 6.96. The molecule has 0 unspecified atom stereocenters. The zero-order chi connectivity index (χ0) is 23.2. The van der Waals surface area contributed by atoms with E-state index in [1.54, 1.807) is 47.2 Å². The van der Waals surface area contributed by atoms with E-state index in [0.29, 0.717) is 47.1 Å². The summed E-state index contributed by atoms with van der Waals surface area (Å²) in [5.74, 6) is 1.76. The van der Waals surface area contributed by atoms with Gasteiger partial charge in [-0.25, -0.2) is 9.50 Å². The lowest BCUT2D eigenvalue weighted by molar-refractivity contribution is 0.102. The van der Waals surface area contributed by atoms with Crippen LogP contribution in [0.3, 0.4) is 0 Å². The van der Waals surface area contributed by atoms with Gasteiger partial charge in [0.2, 0.25) is 0 Å². The molecule has 170 valence electrons. The molecule has 0 saturated heterocycles. The van der Waals surface area contributed by atoms with E-state index in [2.05, 4.69) is 31.3 Å². The second-order valence-corrected chi connectivity index (χ2v) is 7.76. The normalized spacial score (nSPS) is 10.8. The first-order valence-electron chi connectivity index (χ1n) is 10.5. The molecule has 0 aliphatic heterocycles. The molecule has 8 nitrogen and oxygen atoms in total. The second kappa shape index (κ2) is 10.4. The molecule has 9 heteroatoms. The predicted molar refractivity (Wildman–Crippen MR) is 128 cm³/mol. The van der Waals surface area contributed by atoms with E-state index in [4.69, 9.17) is 14.2 Å². The monoisotopic (exact) mass is 510 g/mol. The van der Waals surface area contributed by atoms with E-state index < -0.39 is 0 Å². The van der Waals surface area contributed by atoms with Gasteiger partial charge >= 0.3 is 0 Å². The molecule has 2 heterocycles. The maximum Gasteiger partial charge on any atom is 0.277 e. The van der Waals surface area contributed by atoms with Gasteiger partial charge in [-0.1, -0.05) is 6.07 Å². The molecule has 4 aromatic rings. The highest BCUT2D eigenvalue weighted by Crippen LogP contribution is 2.29. The molecule has 0 saturated carbocycles. The van der Waals surface area contributed by atoms with Crippen LogP contribution in [0.4, 0.5) is 5.69 Å². The summed E-state index contributed by atoms with van der Waals surface area (Å²) in [6.45, 7) is 5.37. The van der Waals surface area contributed by atoms with Gasteiger partial charge in [0.25, 0.3) is 5.91 Å². The van der Waals surface area contributed by atoms with Crippen molar-refractivity contribution in [1.82, 2.24) is 14.6 Å². The fraction of sp³-hybridized carbons (Fsp3) is 0.208. The molecule has 0 atom stereocenters. The van der Waals surface area contributed by atoms with Crippen LogP contribution in [0.25, 0.3) is 5.65 Å². The molecule has 0 aliphatic carbocycles. The number of nitrogens with one attached hydrogen (secondary N) is 1. The number of hydrogen-bond donors (Lipinski definition) is 1. The summed E-state index contributed by atoms with van der Waals surface area (Å²) in [5, 5.41) is 7.12. The molecule has 33 heavy (non-hydrogen) atoms. The Balaban J connectivity index is 1.39. The van der Waals surface area contributed by atoms with Crippen LogP contribution in [-0.2, 0) is 6.61 Å². The largest absolute Gasteiger partial charge is 0.490 e. The van der Waals surface area contributed by atoms with Crippen LogP contribution < -0.4 is 19.5 Å². The summed E-state index contributed by atoms with van der Waals surface area (Å²) in [6.07, 6.45) is 3.38. The Bertz CT molecular complexity index is 1260. The van der Waals surface area contributed by atoms with Gasteiger partial charge in [0.15, 0.2) is 22.8 Å². The first-order chi connectivity index (χ1) is 16.1. The Kier molecular flexibility index (Phi) is 7.09. The maximum atomic E-state index is 12.7. The number of amides is 1. The number of carbonyl (C=O) groups excluding carboxylic acids is 1. The number of fused-ring (bicyclic) bond motifs is 1. The van der Waals surface area contributed by atoms with Gasteiger partial charge in [-0.3, -0.25) is 4.79 Å². The van der Waals surface area contributed by atoms with Crippen molar-refractivity contribution in [3.63, 3.8) is 0 Å². The van der Waals surface area contributed by atoms with E-state index in [0.717, 1.165) is 11.3 Å². The Morgan fingerprint density at radius 2 is 1.79 bits per heavy atom. The third-order valence-corrected chi connectivity index (χ3v) is 5.41. The number of rotatable bonds is 9. The minimum absolute atomic E-state index is 0.259. The van der Waals surface area contributed by atoms with E-state index in [1.807, 2.05) is 32.0 Å². The van der Waals surface area contributed by atoms with Crippen LogP contribution in [0.2, 0.25) is 0 Å². The lowest BCUT2D eigenvalue weighted by Crippen LogP contribution is -2.13. The molecule has 0 fully saturated rings. The van der Waals surface area contributed by atoms with Crippen molar-refractivity contribution in [3.05, 3.63) is 76.7 Å². The van der Waals surface area contributed by atoms with E-state index in [1.165, 1.54) is 0 Å². The molecule has 0 radical (unpaired) electrons. The first kappa shape index (κ1) is 22.6. The zero-order valence-corrected chi connectivity index (χ0v) is 19.8. The lowest BCUT2D eigenvalue weighted by atomic mass is 10.2. The third kappa shape index (κ3) is 5.25. The van der Waals surface area contributed by atoms with Crippen molar-refractivity contribution in [2.24, 2.45) is 0 Å². The highest BCUT2D eigenvalue weighted by atomic mass is 79.9. The quantitative estimate of drug-likeness (QED) is 0.336. The van der Waals surface area contributed by atoms with Gasteiger partial charge in [0.05, 0.1) is 17.7 Å². The average Bonchev–Trinajstić information content (AvgIpc) is 3.17. The molecular weight excluding hydrogens is 488 g/mol. The highest BCUT2D eigenvalue weighted by Gasteiger charge is 2.18. The summed E-state index contributed by atoms with van der Waals surface area (Å²) in [7, 11) is 0. The van der Waals surface area contributed by atoms with Gasteiger partial charge in [0, 0.05) is 18.1 Å². The van der Waals surface area contributed by atoms with E-state index in [9.17, 15) is 4.79 Å². The molecule has 0 bridgehead atoms. The molecule has 4 rings (SSSR count). The Hall–Kier alpha value is -3.59. The zero-order valence-electron chi connectivity index (χ0n) is 18.2. The molecule has 1 N–H and O–H groups in total. The van der Waals surface area contributed by atoms with Crippen LogP contribution in [-0.4, -0.2) is 33.7 Å². The minimum atomic E-state index is -0.334. The topological polar surface area (TPSA) is 87.0 Å². The fourth-order valence-corrected chi connectivity index (χ4v) is 3.72. The Morgan fingerprint density at radius 3 is 2.52 bits per heavy atom. The van der Waals surface area contributed by atoms with Crippen molar-refractivity contribution in [3.8, 4) is 17.2 Å². The SMILES string of the molecule is CCOc1ccc(COc2ccc(NC(=O)c3nn4cccnc4c3Br)cc2)cc1OCC. The average molecular weight is 511 g/mol. The number of aromatic nitrogens is 3. The van der Waals surface area contributed by atoms with Crippen molar-refractivity contribution in [1.29, 1.82) is 0 Å². The fourth-order valence-electron chi connectivity index (χ4n) is 3.18. The van der Waals surface area contributed by atoms with Gasteiger partial charge in [-0.05, 0) is 77.8 Å². The smallest absolute Gasteiger partial charge is 0.277 e. The number of ether oxygens (including phenoxy) is 3. The Morgan fingerprint density at radius 1 is 1.03 bits per heavy atom. The summed E-state index contributed by atoms with van der Waals surface area (Å²) in [5.41, 5.74) is 2.43. The van der Waals surface area contributed by atoms with Crippen LogP contribution >= 0.6 is 15.9 Å². The molecule has 2 aromatic carbocycles. The van der Waals surface area contributed by atoms with Crippen LogP contribution in [0, 0.1) is 0 Å². The third-order valence-electron chi connectivity index (χ3n) is 4.68. The van der Waals surface area contributed by atoms with Gasteiger partial charge in [0.1, 0.15) is 12.4 Å². The first-order valence-corrected chi connectivity index (χ1v) is 11.3. The van der Waals surface area contributed by atoms with Gasteiger partial charge in [-0.2, -0.15) is 5.10 Å². The lowest BCUT2D eigenvalue weighted by Gasteiger charge is -2.13. The maximum absolute atomic E-state index is 12.7.